The highest BCUT2D eigenvalue weighted by Crippen LogP contribution is 2.21. The van der Waals surface area contributed by atoms with Crippen LogP contribution in [0.25, 0.3) is 0 Å². The number of halogens is 1. The summed E-state index contributed by atoms with van der Waals surface area (Å²) in [5.41, 5.74) is 6.08. The number of thiophene rings is 1. The number of nitrogens with zero attached hydrogens (tertiary/aromatic N) is 2. The summed E-state index contributed by atoms with van der Waals surface area (Å²) in [7, 11) is 0. The molecular weight excluding hydrogens is 316 g/mol. The largest absolute Gasteiger partial charge is 0.396 e. The Hall–Kier alpha value is -1.34. The van der Waals surface area contributed by atoms with Gasteiger partial charge in [0, 0.05) is 17.6 Å². The highest BCUT2D eigenvalue weighted by Gasteiger charge is 2.04. The van der Waals surface area contributed by atoms with Gasteiger partial charge in [0.25, 0.3) is 0 Å². The molecule has 2 aromatic heterocycles. The van der Waals surface area contributed by atoms with Crippen LogP contribution in [0.1, 0.15) is 4.88 Å². The van der Waals surface area contributed by atoms with E-state index in [9.17, 15) is 4.79 Å². The lowest BCUT2D eigenvalue weighted by molar-refractivity contribution is -0.121. The summed E-state index contributed by atoms with van der Waals surface area (Å²) in [6.45, 7) is 0.827. The fraction of sp³-hybridized carbons (Fsp3) is 0.273. The maximum absolute atomic E-state index is 11.6. The van der Waals surface area contributed by atoms with Crippen molar-refractivity contribution in [1.82, 2.24) is 15.1 Å². The lowest BCUT2D eigenvalue weighted by Gasteiger charge is -2.04. The fourth-order valence-corrected chi connectivity index (χ4v) is 2.96. The Kier molecular flexibility index (Phi) is 4.38. The van der Waals surface area contributed by atoms with E-state index >= 15 is 0 Å². The SMILES string of the molecule is Nc1cnn(CC(=O)NCCc2ccc(Br)s2)c1. The van der Waals surface area contributed by atoms with Crippen molar-refractivity contribution in [2.45, 2.75) is 13.0 Å². The minimum absolute atomic E-state index is 0.0614. The Morgan fingerprint density at radius 2 is 2.39 bits per heavy atom. The lowest BCUT2D eigenvalue weighted by Crippen LogP contribution is -2.29. The molecule has 0 aliphatic rings. The molecule has 0 aliphatic carbocycles. The normalized spacial score (nSPS) is 10.5. The second-order valence-electron chi connectivity index (χ2n) is 3.78. The van der Waals surface area contributed by atoms with Crippen molar-refractivity contribution < 1.29 is 4.79 Å². The van der Waals surface area contributed by atoms with Crippen molar-refractivity contribution in [2.24, 2.45) is 0 Å². The third kappa shape index (κ3) is 3.85. The van der Waals surface area contributed by atoms with E-state index in [0.29, 0.717) is 12.2 Å². The second-order valence-corrected chi connectivity index (χ2v) is 6.32. The van der Waals surface area contributed by atoms with Crippen LogP contribution in [0.3, 0.4) is 0 Å². The van der Waals surface area contributed by atoms with Crippen LogP contribution in [-0.4, -0.2) is 22.2 Å². The van der Waals surface area contributed by atoms with Crippen LogP contribution in [0.5, 0.6) is 0 Å². The van der Waals surface area contributed by atoms with E-state index in [1.165, 1.54) is 15.8 Å². The van der Waals surface area contributed by atoms with E-state index in [0.717, 1.165) is 10.2 Å². The molecule has 0 saturated carbocycles. The Bertz CT molecular complexity index is 537. The zero-order valence-corrected chi connectivity index (χ0v) is 12.0. The van der Waals surface area contributed by atoms with Gasteiger partial charge < -0.3 is 11.1 Å². The number of carbonyl (C=O) groups excluding carboxylic acids is 1. The number of anilines is 1. The monoisotopic (exact) mass is 328 g/mol. The summed E-state index contributed by atoms with van der Waals surface area (Å²) < 4.78 is 2.63. The molecule has 1 amide bonds. The molecule has 0 aromatic carbocycles. The van der Waals surface area contributed by atoms with Crippen LogP contribution in [0.2, 0.25) is 0 Å². The first kappa shape index (κ1) is 13.1. The maximum Gasteiger partial charge on any atom is 0.241 e. The van der Waals surface area contributed by atoms with Crippen LogP contribution in [-0.2, 0) is 17.8 Å². The fourth-order valence-electron chi connectivity index (χ4n) is 1.48. The van der Waals surface area contributed by atoms with Gasteiger partial charge in [0.15, 0.2) is 0 Å². The number of hydrogen-bond donors (Lipinski definition) is 2. The van der Waals surface area contributed by atoms with Gasteiger partial charge in [0.05, 0.1) is 15.7 Å². The molecule has 7 heteroatoms. The lowest BCUT2D eigenvalue weighted by atomic mass is 10.3. The molecule has 0 bridgehead atoms. The van der Waals surface area contributed by atoms with Crippen molar-refractivity contribution in [1.29, 1.82) is 0 Å². The van der Waals surface area contributed by atoms with E-state index in [-0.39, 0.29) is 12.5 Å². The molecule has 0 aliphatic heterocycles. The maximum atomic E-state index is 11.6. The highest BCUT2D eigenvalue weighted by atomic mass is 79.9. The predicted octanol–water partition coefficient (Wildman–Crippen LogP) is 1.65. The van der Waals surface area contributed by atoms with E-state index in [1.807, 2.05) is 6.07 Å². The Balaban J connectivity index is 1.72. The molecule has 0 fully saturated rings. The van der Waals surface area contributed by atoms with E-state index in [2.05, 4.69) is 32.4 Å². The average molecular weight is 329 g/mol. The molecule has 18 heavy (non-hydrogen) atoms. The molecule has 2 aromatic rings. The number of hydrogen-bond acceptors (Lipinski definition) is 4. The third-order valence-electron chi connectivity index (χ3n) is 2.28. The minimum atomic E-state index is -0.0614. The Morgan fingerprint density at radius 3 is 3.00 bits per heavy atom. The van der Waals surface area contributed by atoms with Gasteiger partial charge in [-0.1, -0.05) is 0 Å². The standard InChI is InChI=1S/C11H13BrN4OS/c12-10-2-1-9(18-10)3-4-14-11(17)7-16-6-8(13)5-15-16/h1-2,5-6H,3-4,7,13H2,(H,14,17). The molecular formula is C11H13BrN4OS. The first-order valence-electron chi connectivity index (χ1n) is 5.42. The Labute approximate surface area is 117 Å². The summed E-state index contributed by atoms with van der Waals surface area (Å²) in [6, 6.07) is 4.06. The molecule has 0 radical (unpaired) electrons. The second kappa shape index (κ2) is 6.01. The van der Waals surface area contributed by atoms with Gasteiger partial charge in [-0.2, -0.15) is 5.10 Å². The highest BCUT2D eigenvalue weighted by molar-refractivity contribution is 9.11. The quantitative estimate of drug-likeness (QED) is 0.876. The number of nitrogens with two attached hydrogens (primary N) is 1. The first-order chi connectivity index (χ1) is 8.63. The number of rotatable bonds is 5. The topological polar surface area (TPSA) is 72.9 Å². The molecule has 3 N–H and O–H groups in total. The van der Waals surface area contributed by atoms with Gasteiger partial charge in [-0.3, -0.25) is 9.48 Å². The third-order valence-corrected chi connectivity index (χ3v) is 3.96. The van der Waals surface area contributed by atoms with Crippen molar-refractivity contribution in [3.8, 4) is 0 Å². The predicted molar refractivity (Wildman–Crippen MR) is 75.4 cm³/mol. The average Bonchev–Trinajstić information content (AvgIpc) is 2.88. The minimum Gasteiger partial charge on any atom is -0.396 e. The zero-order valence-electron chi connectivity index (χ0n) is 9.60. The first-order valence-corrected chi connectivity index (χ1v) is 7.03. The molecule has 0 spiro atoms. The molecule has 2 heterocycles. The van der Waals surface area contributed by atoms with Crippen LogP contribution in [0, 0.1) is 0 Å². The van der Waals surface area contributed by atoms with Gasteiger partial charge in [0.1, 0.15) is 6.54 Å². The van der Waals surface area contributed by atoms with Gasteiger partial charge in [0.2, 0.25) is 5.91 Å². The smallest absolute Gasteiger partial charge is 0.241 e. The van der Waals surface area contributed by atoms with E-state index < -0.39 is 0 Å². The van der Waals surface area contributed by atoms with Crippen molar-refractivity contribution in [3.05, 3.63) is 33.2 Å². The van der Waals surface area contributed by atoms with Crippen molar-refractivity contribution >= 4 is 38.9 Å². The van der Waals surface area contributed by atoms with E-state index in [1.54, 1.807) is 17.5 Å². The van der Waals surface area contributed by atoms with Gasteiger partial charge in [-0.25, -0.2) is 0 Å². The Morgan fingerprint density at radius 1 is 1.56 bits per heavy atom. The zero-order chi connectivity index (χ0) is 13.0. The molecule has 0 unspecified atom stereocenters. The number of aromatic nitrogens is 2. The van der Waals surface area contributed by atoms with Gasteiger partial charge in [-0.15, -0.1) is 11.3 Å². The van der Waals surface area contributed by atoms with Gasteiger partial charge in [-0.05, 0) is 34.5 Å². The van der Waals surface area contributed by atoms with Crippen LogP contribution in [0.4, 0.5) is 5.69 Å². The van der Waals surface area contributed by atoms with E-state index in [4.69, 9.17) is 5.73 Å². The number of nitrogen functional groups attached to an aromatic ring is 1. The number of amides is 1. The molecule has 5 nitrogen and oxygen atoms in total. The summed E-state index contributed by atoms with van der Waals surface area (Å²) >= 11 is 5.09. The van der Waals surface area contributed by atoms with Crippen LogP contribution < -0.4 is 11.1 Å². The van der Waals surface area contributed by atoms with Crippen LogP contribution >= 0.6 is 27.3 Å². The summed E-state index contributed by atoms with van der Waals surface area (Å²) in [4.78, 5) is 12.8. The molecule has 2 rings (SSSR count). The van der Waals surface area contributed by atoms with Crippen molar-refractivity contribution in [2.75, 3.05) is 12.3 Å². The molecule has 0 saturated heterocycles. The number of nitrogens with one attached hydrogen (secondary N) is 1. The van der Waals surface area contributed by atoms with Crippen molar-refractivity contribution in [3.63, 3.8) is 0 Å². The van der Waals surface area contributed by atoms with Gasteiger partial charge >= 0.3 is 0 Å². The van der Waals surface area contributed by atoms with Crippen LogP contribution in [0.15, 0.2) is 28.3 Å². The summed E-state index contributed by atoms with van der Waals surface area (Å²) in [5.74, 6) is -0.0614. The summed E-state index contributed by atoms with van der Waals surface area (Å²) in [6.07, 6.45) is 4.00. The molecule has 96 valence electrons. The number of carbonyl (C=O) groups is 1. The summed E-state index contributed by atoms with van der Waals surface area (Å²) in [5, 5.41) is 6.80. The molecule has 0 atom stereocenters.